The first-order valence-electron chi connectivity index (χ1n) is 4.35. The van der Waals surface area contributed by atoms with E-state index in [1.165, 1.54) is 0 Å². The Kier molecular flexibility index (Phi) is 2.25. The summed E-state index contributed by atoms with van der Waals surface area (Å²) in [6.45, 7) is 0. The average molecular weight is 205 g/mol. The molecular weight excluding hydrogens is 197 g/mol. The highest BCUT2D eigenvalue weighted by molar-refractivity contribution is 5.95. The summed E-state index contributed by atoms with van der Waals surface area (Å²) in [5.74, 6) is -2.72. The minimum atomic E-state index is -1.56. The summed E-state index contributed by atoms with van der Waals surface area (Å²) in [6, 6.07) is 7.30. The lowest BCUT2D eigenvalue weighted by molar-refractivity contribution is -0.134. The maximum Gasteiger partial charge on any atom is 0.364 e. The molecule has 0 aliphatic rings. The van der Waals surface area contributed by atoms with Crippen LogP contribution in [0.25, 0.3) is 17.0 Å². The van der Waals surface area contributed by atoms with Crippen LogP contribution in [-0.2, 0) is 4.79 Å². The van der Waals surface area contributed by atoms with E-state index >= 15 is 0 Å². The van der Waals surface area contributed by atoms with Crippen molar-refractivity contribution in [2.75, 3.05) is 0 Å². The van der Waals surface area contributed by atoms with Gasteiger partial charge in [0.15, 0.2) is 0 Å². The van der Waals surface area contributed by atoms with Crippen LogP contribution in [0.3, 0.4) is 0 Å². The van der Waals surface area contributed by atoms with Crippen LogP contribution in [0, 0.1) is 0 Å². The van der Waals surface area contributed by atoms with Gasteiger partial charge in [-0.3, -0.25) is 0 Å². The van der Waals surface area contributed by atoms with Crippen molar-refractivity contribution in [1.82, 2.24) is 4.98 Å². The summed E-state index contributed by atoms with van der Waals surface area (Å²) in [6.07, 6.45) is 2.58. The zero-order valence-electron chi connectivity index (χ0n) is 7.70. The van der Waals surface area contributed by atoms with Gasteiger partial charge >= 0.3 is 5.97 Å². The van der Waals surface area contributed by atoms with Crippen LogP contribution in [-0.4, -0.2) is 16.1 Å². The van der Waals surface area contributed by atoms with Crippen molar-refractivity contribution < 1.29 is 14.3 Å². The number of hydrogen-bond donors (Lipinski definition) is 2. The normalized spacial score (nSPS) is 11.9. The topological polar surface area (TPSA) is 53.1 Å². The number of halogens is 1. The molecule has 0 aliphatic carbocycles. The minimum Gasteiger partial charge on any atom is -0.476 e. The van der Waals surface area contributed by atoms with Gasteiger partial charge in [-0.05, 0) is 12.1 Å². The number of benzene rings is 1. The van der Waals surface area contributed by atoms with E-state index in [1.54, 1.807) is 12.3 Å². The first kappa shape index (κ1) is 9.45. The number of carbonyl (C=O) groups is 1. The lowest BCUT2D eigenvalue weighted by atomic mass is 10.1. The standard InChI is InChI=1S/C11H8FNO2/c12-9(11(14)15)5-7-6-13-10-4-2-1-3-8(7)10/h1-6,13H,(H,14,15). The van der Waals surface area contributed by atoms with E-state index in [0.29, 0.717) is 5.56 Å². The number of para-hydroxylation sites is 1. The molecule has 0 aliphatic heterocycles. The zero-order chi connectivity index (χ0) is 10.8. The van der Waals surface area contributed by atoms with Crippen LogP contribution in [0.5, 0.6) is 0 Å². The van der Waals surface area contributed by atoms with E-state index in [0.717, 1.165) is 17.0 Å². The quantitative estimate of drug-likeness (QED) is 0.740. The molecule has 0 spiro atoms. The molecule has 3 nitrogen and oxygen atoms in total. The van der Waals surface area contributed by atoms with Crippen molar-refractivity contribution in [3.8, 4) is 0 Å². The van der Waals surface area contributed by atoms with Crippen LogP contribution < -0.4 is 0 Å². The van der Waals surface area contributed by atoms with E-state index in [9.17, 15) is 9.18 Å². The number of rotatable bonds is 2. The fourth-order valence-electron chi connectivity index (χ4n) is 1.41. The molecule has 2 N–H and O–H groups in total. The summed E-state index contributed by atoms with van der Waals surface area (Å²) in [4.78, 5) is 13.2. The Balaban J connectivity index is 2.54. The zero-order valence-corrected chi connectivity index (χ0v) is 7.70. The van der Waals surface area contributed by atoms with Crippen molar-refractivity contribution in [3.63, 3.8) is 0 Å². The minimum absolute atomic E-state index is 0.533. The van der Waals surface area contributed by atoms with Gasteiger partial charge < -0.3 is 10.1 Å². The Hall–Kier alpha value is -2.10. The summed E-state index contributed by atoms with van der Waals surface area (Å²) in [7, 11) is 0. The lowest BCUT2D eigenvalue weighted by Crippen LogP contribution is -1.93. The number of fused-ring (bicyclic) bond motifs is 1. The molecule has 1 aromatic heterocycles. The second kappa shape index (κ2) is 3.57. The molecule has 4 heteroatoms. The molecule has 0 atom stereocenters. The van der Waals surface area contributed by atoms with E-state index in [4.69, 9.17) is 5.11 Å². The van der Waals surface area contributed by atoms with Gasteiger partial charge in [-0.15, -0.1) is 0 Å². The second-order valence-electron chi connectivity index (χ2n) is 3.09. The molecule has 15 heavy (non-hydrogen) atoms. The Labute approximate surface area is 84.8 Å². The third-order valence-electron chi connectivity index (χ3n) is 2.11. The Morgan fingerprint density at radius 1 is 1.40 bits per heavy atom. The molecule has 0 unspecified atom stereocenters. The Bertz CT molecular complexity index is 542. The van der Waals surface area contributed by atoms with Gasteiger partial charge in [-0.25, -0.2) is 4.79 Å². The van der Waals surface area contributed by atoms with Gasteiger partial charge in [-0.2, -0.15) is 4.39 Å². The summed E-state index contributed by atoms with van der Waals surface area (Å²) in [5, 5.41) is 9.20. The van der Waals surface area contributed by atoms with Gasteiger partial charge in [-0.1, -0.05) is 18.2 Å². The number of carboxylic acids is 1. The van der Waals surface area contributed by atoms with Crippen molar-refractivity contribution in [2.24, 2.45) is 0 Å². The number of aromatic amines is 1. The molecule has 0 fully saturated rings. The highest BCUT2D eigenvalue weighted by atomic mass is 19.1. The van der Waals surface area contributed by atoms with Crippen molar-refractivity contribution >= 4 is 22.9 Å². The predicted molar refractivity (Wildman–Crippen MR) is 55.0 cm³/mol. The summed E-state index contributed by atoms with van der Waals surface area (Å²) in [5.41, 5.74) is 1.38. The van der Waals surface area contributed by atoms with Crippen molar-refractivity contribution in [3.05, 3.63) is 41.9 Å². The molecule has 1 heterocycles. The largest absolute Gasteiger partial charge is 0.476 e. The molecule has 0 amide bonds. The number of nitrogens with one attached hydrogen (secondary N) is 1. The molecule has 0 bridgehead atoms. The molecule has 0 radical (unpaired) electrons. The van der Waals surface area contributed by atoms with E-state index < -0.39 is 11.8 Å². The third-order valence-corrected chi connectivity index (χ3v) is 2.11. The summed E-state index contributed by atoms with van der Waals surface area (Å²) < 4.78 is 12.9. The van der Waals surface area contributed by atoms with Crippen LogP contribution in [0.2, 0.25) is 0 Å². The monoisotopic (exact) mass is 205 g/mol. The maximum atomic E-state index is 12.9. The lowest BCUT2D eigenvalue weighted by Gasteiger charge is -1.91. The SMILES string of the molecule is O=C(O)C(F)=Cc1c[nH]c2ccccc12. The molecule has 76 valence electrons. The molecule has 0 saturated carbocycles. The number of aromatic nitrogens is 1. The molecule has 0 saturated heterocycles. The van der Waals surface area contributed by atoms with Gasteiger partial charge in [0.1, 0.15) is 0 Å². The number of carboxylic acid groups (broad SMARTS) is 1. The Morgan fingerprint density at radius 3 is 2.87 bits per heavy atom. The second-order valence-corrected chi connectivity index (χ2v) is 3.09. The summed E-state index contributed by atoms with van der Waals surface area (Å²) >= 11 is 0. The third kappa shape index (κ3) is 1.74. The van der Waals surface area contributed by atoms with Gasteiger partial charge in [0.05, 0.1) is 0 Å². The van der Waals surface area contributed by atoms with E-state index in [1.807, 2.05) is 18.2 Å². The van der Waals surface area contributed by atoms with Crippen LogP contribution in [0.15, 0.2) is 36.3 Å². The highest BCUT2D eigenvalue weighted by Crippen LogP contribution is 2.20. The fraction of sp³-hybridized carbons (Fsp3) is 0. The predicted octanol–water partition coefficient (Wildman–Crippen LogP) is 2.56. The molecule has 2 rings (SSSR count). The van der Waals surface area contributed by atoms with E-state index in [-0.39, 0.29) is 0 Å². The van der Waals surface area contributed by atoms with E-state index in [2.05, 4.69) is 4.98 Å². The molecule has 2 aromatic rings. The first-order valence-corrected chi connectivity index (χ1v) is 4.35. The maximum absolute atomic E-state index is 12.9. The van der Waals surface area contributed by atoms with Crippen LogP contribution in [0.4, 0.5) is 4.39 Å². The highest BCUT2D eigenvalue weighted by Gasteiger charge is 2.07. The van der Waals surface area contributed by atoms with Crippen LogP contribution >= 0.6 is 0 Å². The Morgan fingerprint density at radius 2 is 2.13 bits per heavy atom. The first-order chi connectivity index (χ1) is 7.18. The molecular formula is C11H8FNO2. The van der Waals surface area contributed by atoms with Crippen LogP contribution in [0.1, 0.15) is 5.56 Å². The number of H-pyrrole nitrogens is 1. The fourth-order valence-corrected chi connectivity index (χ4v) is 1.41. The van der Waals surface area contributed by atoms with Crippen molar-refractivity contribution in [1.29, 1.82) is 0 Å². The average Bonchev–Trinajstić information content (AvgIpc) is 2.62. The van der Waals surface area contributed by atoms with Gasteiger partial charge in [0, 0.05) is 22.7 Å². The van der Waals surface area contributed by atoms with Gasteiger partial charge in [0.2, 0.25) is 5.83 Å². The number of hydrogen-bond acceptors (Lipinski definition) is 1. The smallest absolute Gasteiger partial charge is 0.364 e. The van der Waals surface area contributed by atoms with Crippen molar-refractivity contribution in [2.45, 2.75) is 0 Å². The molecule has 1 aromatic carbocycles. The van der Waals surface area contributed by atoms with Gasteiger partial charge in [0.25, 0.3) is 0 Å². The number of aliphatic carboxylic acids is 1.